The molecule has 2 aromatic heterocycles. The summed E-state index contributed by atoms with van der Waals surface area (Å²) in [6.07, 6.45) is 6.16. The number of aryl methyl sites for hydroxylation is 2. The van der Waals surface area contributed by atoms with Crippen molar-refractivity contribution < 1.29 is 23.1 Å². The Morgan fingerprint density at radius 2 is 2.05 bits per heavy atom. The van der Waals surface area contributed by atoms with Crippen molar-refractivity contribution in [3.63, 3.8) is 0 Å². The Kier molecular flexibility index (Phi) is 7.09. The standard InChI is InChI=1S/C27H32N4O5S/c1-18-21-5-3-4-6-23(21)36-24(18)17-30(2)25(32)10-7-19-15-20-8-9-22(27(33)29-26(20)28-16-19)31-11-13-37(34,35)14-12-31/h3-7,10,15-16,22,34-35H,8-9,11-14,17H2,1-2H3,(H,28,29,33)/b10-7+. The number of benzene rings is 1. The van der Waals surface area contributed by atoms with Crippen molar-refractivity contribution in [2.24, 2.45) is 0 Å². The molecule has 2 amide bonds. The van der Waals surface area contributed by atoms with Crippen LogP contribution in [-0.4, -0.2) is 73.4 Å². The number of aromatic nitrogens is 1. The highest BCUT2D eigenvalue weighted by Crippen LogP contribution is 2.41. The van der Waals surface area contributed by atoms with Gasteiger partial charge in [-0.2, -0.15) is 10.6 Å². The number of amides is 2. The average Bonchev–Trinajstić information content (AvgIpc) is 3.09. The van der Waals surface area contributed by atoms with Crippen LogP contribution >= 0.6 is 10.6 Å². The Balaban J connectivity index is 1.23. The van der Waals surface area contributed by atoms with Crippen LogP contribution in [-0.2, 0) is 22.6 Å². The largest absolute Gasteiger partial charge is 0.459 e. The van der Waals surface area contributed by atoms with Gasteiger partial charge in [-0.15, -0.1) is 0 Å². The SMILES string of the molecule is Cc1c(CN(C)C(=O)/C=C/c2cnc3c(c2)CCC(N2CCS(O)(O)CC2)C(=O)N3)oc2ccccc12. The minimum Gasteiger partial charge on any atom is -0.459 e. The topological polar surface area (TPSA) is 119 Å². The lowest BCUT2D eigenvalue weighted by atomic mass is 10.0. The maximum absolute atomic E-state index is 12.9. The van der Waals surface area contributed by atoms with Crippen LogP contribution in [0.5, 0.6) is 0 Å². The van der Waals surface area contributed by atoms with Crippen molar-refractivity contribution in [1.29, 1.82) is 0 Å². The predicted octanol–water partition coefficient (Wildman–Crippen LogP) is 4.13. The molecule has 1 aromatic carbocycles. The molecule has 0 bridgehead atoms. The number of anilines is 1. The van der Waals surface area contributed by atoms with Gasteiger partial charge < -0.3 is 14.6 Å². The number of rotatable bonds is 5. The van der Waals surface area contributed by atoms with Crippen LogP contribution in [0.4, 0.5) is 5.82 Å². The molecule has 0 spiro atoms. The highest BCUT2D eigenvalue weighted by atomic mass is 32.3. The summed E-state index contributed by atoms with van der Waals surface area (Å²) in [5.41, 5.74) is 3.54. The third-order valence-electron chi connectivity index (χ3n) is 7.19. The highest BCUT2D eigenvalue weighted by molar-refractivity contribution is 8.24. The van der Waals surface area contributed by atoms with Crippen LogP contribution < -0.4 is 5.32 Å². The van der Waals surface area contributed by atoms with Gasteiger partial charge in [-0.3, -0.25) is 23.6 Å². The molecule has 5 rings (SSSR count). The van der Waals surface area contributed by atoms with E-state index < -0.39 is 10.6 Å². The second-order valence-electron chi connectivity index (χ2n) is 9.74. The smallest absolute Gasteiger partial charge is 0.246 e. The fraction of sp³-hybridized carbons (Fsp3) is 0.370. The van der Waals surface area contributed by atoms with E-state index >= 15 is 0 Å². The molecule has 0 radical (unpaired) electrons. The van der Waals surface area contributed by atoms with E-state index in [0.29, 0.717) is 49.8 Å². The van der Waals surface area contributed by atoms with Crippen molar-refractivity contribution in [2.45, 2.75) is 32.4 Å². The Morgan fingerprint density at radius 3 is 2.81 bits per heavy atom. The van der Waals surface area contributed by atoms with Crippen molar-refractivity contribution in [3.8, 4) is 0 Å². The molecule has 2 aliphatic heterocycles. The maximum atomic E-state index is 12.9. The van der Waals surface area contributed by atoms with Gasteiger partial charge in [-0.05, 0) is 49.1 Å². The first-order chi connectivity index (χ1) is 17.7. The summed E-state index contributed by atoms with van der Waals surface area (Å²) in [5.74, 6) is 1.63. The van der Waals surface area contributed by atoms with E-state index in [0.717, 1.165) is 33.4 Å². The van der Waals surface area contributed by atoms with Gasteiger partial charge in [0.1, 0.15) is 17.2 Å². The number of furan rings is 1. The Hall–Kier alpha value is -3.18. The Bertz CT molecular complexity index is 1360. The molecular formula is C27H32N4O5S. The number of carbonyl (C=O) groups excluding carboxylic acids is 2. The maximum Gasteiger partial charge on any atom is 0.246 e. The van der Waals surface area contributed by atoms with Gasteiger partial charge in [-0.25, -0.2) is 4.98 Å². The van der Waals surface area contributed by atoms with Gasteiger partial charge in [0.25, 0.3) is 0 Å². The van der Waals surface area contributed by atoms with E-state index in [1.807, 2.05) is 42.2 Å². The molecule has 0 saturated carbocycles. The van der Waals surface area contributed by atoms with Crippen molar-refractivity contribution in [1.82, 2.24) is 14.8 Å². The summed E-state index contributed by atoms with van der Waals surface area (Å²) in [6.45, 7) is 3.34. The molecule has 10 heteroatoms. The molecule has 37 heavy (non-hydrogen) atoms. The third kappa shape index (κ3) is 5.57. The number of nitrogens with zero attached hydrogens (tertiary/aromatic N) is 3. The number of fused-ring (bicyclic) bond motifs is 2. The van der Waals surface area contributed by atoms with Crippen LogP contribution in [0.25, 0.3) is 17.0 Å². The van der Waals surface area contributed by atoms with Gasteiger partial charge in [0.15, 0.2) is 0 Å². The minimum atomic E-state index is -2.52. The van der Waals surface area contributed by atoms with E-state index in [2.05, 4.69) is 10.3 Å². The lowest BCUT2D eigenvalue weighted by Gasteiger charge is -2.43. The van der Waals surface area contributed by atoms with E-state index in [9.17, 15) is 18.7 Å². The molecule has 1 saturated heterocycles. The normalized spacial score (nSPS) is 20.9. The molecule has 3 N–H and O–H groups in total. The molecule has 196 valence electrons. The van der Waals surface area contributed by atoms with Crippen LogP contribution in [0, 0.1) is 6.92 Å². The lowest BCUT2D eigenvalue weighted by Crippen LogP contribution is -2.49. The van der Waals surface area contributed by atoms with Crippen LogP contribution in [0.2, 0.25) is 0 Å². The summed E-state index contributed by atoms with van der Waals surface area (Å²) in [6, 6.07) is 9.45. The van der Waals surface area contributed by atoms with Crippen LogP contribution in [0.15, 0.2) is 47.0 Å². The number of likely N-dealkylation sites (N-methyl/N-ethyl adjacent to an activating group) is 1. The zero-order valence-corrected chi connectivity index (χ0v) is 21.8. The number of hydrogen-bond acceptors (Lipinski definition) is 7. The van der Waals surface area contributed by atoms with Crippen molar-refractivity contribution in [2.75, 3.05) is 37.0 Å². The molecule has 1 atom stereocenters. The van der Waals surface area contributed by atoms with Crippen LogP contribution in [0.1, 0.15) is 28.9 Å². The van der Waals surface area contributed by atoms with E-state index in [1.165, 1.54) is 6.08 Å². The molecular weight excluding hydrogens is 492 g/mol. The van der Waals surface area contributed by atoms with E-state index in [4.69, 9.17) is 4.42 Å². The first-order valence-electron chi connectivity index (χ1n) is 12.4. The summed E-state index contributed by atoms with van der Waals surface area (Å²) < 4.78 is 25.7. The number of para-hydroxylation sites is 1. The first-order valence-corrected chi connectivity index (χ1v) is 14.3. The molecule has 2 aliphatic rings. The third-order valence-corrected chi connectivity index (χ3v) is 8.86. The fourth-order valence-corrected chi connectivity index (χ4v) is 6.17. The fourth-order valence-electron chi connectivity index (χ4n) is 4.91. The highest BCUT2D eigenvalue weighted by Gasteiger charge is 2.33. The van der Waals surface area contributed by atoms with Crippen molar-refractivity contribution in [3.05, 3.63) is 65.1 Å². The van der Waals surface area contributed by atoms with Crippen molar-refractivity contribution >= 4 is 45.3 Å². The monoisotopic (exact) mass is 524 g/mol. The first kappa shape index (κ1) is 25.5. The quantitative estimate of drug-likeness (QED) is 0.430. The molecule has 1 unspecified atom stereocenters. The van der Waals surface area contributed by atoms with Gasteiger partial charge in [0.2, 0.25) is 11.8 Å². The van der Waals surface area contributed by atoms with E-state index in [-0.39, 0.29) is 17.9 Å². The molecule has 0 aliphatic carbocycles. The summed E-state index contributed by atoms with van der Waals surface area (Å²) >= 11 is 0. The number of pyridine rings is 1. The van der Waals surface area contributed by atoms with Gasteiger partial charge in [0, 0.05) is 43.4 Å². The predicted molar refractivity (Wildman–Crippen MR) is 146 cm³/mol. The van der Waals surface area contributed by atoms with E-state index in [1.54, 1.807) is 24.2 Å². The zero-order valence-electron chi connectivity index (χ0n) is 21.0. The van der Waals surface area contributed by atoms with Gasteiger partial charge in [-0.1, -0.05) is 18.2 Å². The molecule has 9 nitrogen and oxygen atoms in total. The minimum absolute atomic E-state index is 0.120. The second-order valence-corrected chi connectivity index (χ2v) is 12.2. The van der Waals surface area contributed by atoms with Gasteiger partial charge in [0.05, 0.1) is 24.1 Å². The average molecular weight is 525 g/mol. The van der Waals surface area contributed by atoms with Gasteiger partial charge >= 0.3 is 0 Å². The Morgan fingerprint density at radius 1 is 1.30 bits per heavy atom. The number of carbonyl (C=O) groups is 2. The summed E-state index contributed by atoms with van der Waals surface area (Å²) in [4.78, 5) is 33.7. The summed E-state index contributed by atoms with van der Waals surface area (Å²) in [5, 5.41) is 3.98. The Labute approximate surface area is 217 Å². The molecule has 1 fully saturated rings. The molecule has 4 heterocycles. The number of hydrogen-bond donors (Lipinski definition) is 3. The van der Waals surface area contributed by atoms with Crippen LogP contribution in [0.3, 0.4) is 0 Å². The number of nitrogens with one attached hydrogen (secondary N) is 1. The summed E-state index contributed by atoms with van der Waals surface area (Å²) in [7, 11) is -0.776. The second kappa shape index (κ2) is 10.3. The lowest BCUT2D eigenvalue weighted by molar-refractivity contribution is -0.125. The zero-order chi connectivity index (χ0) is 26.2. The molecule has 3 aromatic rings.